The summed E-state index contributed by atoms with van der Waals surface area (Å²) in [6.45, 7) is 7.33. The smallest absolute Gasteiger partial charge is 0.408 e. The van der Waals surface area contributed by atoms with Crippen molar-refractivity contribution < 1.29 is 19.0 Å². The van der Waals surface area contributed by atoms with E-state index in [4.69, 9.17) is 14.2 Å². The number of ether oxygens (including phenoxy) is 3. The Kier molecular flexibility index (Phi) is 3.09. The number of hydrogen-bond acceptors (Lipinski definition) is 4. The lowest BCUT2D eigenvalue weighted by Gasteiger charge is -2.61. The normalized spacial score (nSPS) is 41.9. The van der Waals surface area contributed by atoms with Crippen LogP contribution in [-0.4, -0.2) is 36.2 Å². The van der Waals surface area contributed by atoms with Gasteiger partial charge in [-0.05, 0) is 58.8 Å². The molecule has 1 N–H and O–H groups in total. The van der Waals surface area contributed by atoms with Crippen LogP contribution in [0.5, 0.6) is 0 Å². The monoisotopic (exact) mass is 309 g/mol. The lowest BCUT2D eigenvalue weighted by molar-refractivity contribution is -0.312. The van der Waals surface area contributed by atoms with E-state index in [2.05, 4.69) is 5.32 Å². The van der Waals surface area contributed by atoms with Crippen molar-refractivity contribution in [2.75, 3.05) is 13.2 Å². The summed E-state index contributed by atoms with van der Waals surface area (Å²) < 4.78 is 18.1. The van der Waals surface area contributed by atoms with Gasteiger partial charge in [-0.15, -0.1) is 0 Å². The molecule has 4 aliphatic carbocycles. The van der Waals surface area contributed by atoms with Gasteiger partial charge in [0.2, 0.25) is 0 Å². The minimum absolute atomic E-state index is 0.266. The molecule has 1 amide bonds. The Labute approximate surface area is 132 Å². The van der Waals surface area contributed by atoms with E-state index in [1.54, 1.807) is 0 Å². The third kappa shape index (κ3) is 2.24. The molecule has 0 aromatic heterocycles. The van der Waals surface area contributed by atoms with E-state index >= 15 is 0 Å². The van der Waals surface area contributed by atoms with Crippen molar-refractivity contribution in [1.82, 2.24) is 5.32 Å². The topological polar surface area (TPSA) is 56.8 Å². The summed E-state index contributed by atoms with van der Waals surface area (Å²) in [7, 11) is 0. The molecule has 5 fully saturated rings. The second-order valence-electron chi connectivity index (χ2n) is 8.71. The van der Waals surface area contributed by atoms with Gasteiger partial charge in [-0.25, -0.2) is 4.79 Å². The summed E-state index contributed by atoms with van der Waals surface area (Å²) in [5, 5.41) is 2.93. The van der Waals surface area contributed by atoms with Gasteiger partial charge < -0.3 is 19.5 Å². The fraction of sp³-hybridized carbons (Fsp3) is 0.941. The van der Waals surface area contributed by atoms with E-state index in [-0.39, 0.29) is 23.0 Å². The molecule has 4 saturated carbocycles. The van der Waals surface area contributed by atoms with Gasteiger partial charge in [0, 0.05) is 17.4 Å². The zero-order valence-electron chi connectivity index (χ0n) is 13.8. The standard InChI is InChI=1S/C17H27NO4/c1-15(2,3)18-14(19)22-16-8-11-6-12(9-16)17(13(7-11)10-16)20-4-5-21-17/h11-13H,4-10H2,1-3H3,(H,18,19)/t11?,12-,13+,16?. The second kappa shape index (κ2) is 4.60. The summed E-state index contributed by atoms with van der Waals surface area (Å²) in [6, 6.07) is 0. The highest BCUT2D eigenvalue weighted by molar-refractivity contribution is 5.68. The second-order valence-corrected chi connectivity index (χ2v) is 8.71. The number of rotatable bonds is 1. The van der Waals surface area contributed by atoms with Gasteiger partial charge >= 0.3 is 6.09 Å². The highest BCUT2D eigenvalue weighted by Crippen LogP contribution is 2.63. The first-order chi connectivity index (χ1) is 10.3. The van der Waals surface area contributed by atoms with Gasteiger partial charge in [-0.1, -0.05) is 0 Å². The quantitative estimate of drug-likeness (QED) is 0.809. The van der Waals surface area contributed by atoms with Crippen LogP contribution in [0.15, 0.2) is 0 Å². The van der Waals surface area contributed by atoms with Gasteiger partial charge in [0.25, 0.3) is 0 Å². The van der Waals surface area contributed by atoms with Crippen LogP contribution < -0.4 is 5.32 Å². The van der Waals surface area contributed by atoms with Crippen LogP contribution in [0.1, 0.15) is 52.9 Å². The molecule has 1 heterocycles. The predicted octanol–water partition coefficient (Wildman–Crippen LogP) is 2.83. The third-order valence-corrected chi connectivity index (χ3v) is 5.80. The zero-order valence-corrected chi connectivity index (χ0v) is 13.8. The van der Waals surface area contributed by atoms with Crippen molar-refractivity contribution in [3.63, 3.8) is 0 Å². The molecule has 5 nitrogen and oxygen atoms in total. The van der Waals surface area contributed by atoms with Crippen LogP contribution in [0.25, 0.3) is 0 Å². The maximum atomic E-state index is 12.3. The fourth-order valence-electron chi connectivity index (χ4n) is 5.42. The minimum Gasteiger partial charge on any atom is -0.443 e. The van der Waals surface area contributed by atoms with Crippen LogP contribution in [0.4, 0.5) is 4.79 Å². The number of nitrogens with one attached hydrogen (secondary N) is 1. The molecule has 124 valence electrons. The first-order valence-corrected chi connectivity index (χ1v) is 8.59. The number of carbonyl (C=O) groups excluding carboxylic acids is 1. The van der Waals surface area contributed by atoms with Crippen molar-refractivity contribution >= 4 is 6.09 Å². The number of amides is 1. The molecule has 5 aliphatic rings. The molecule has 5 heteroatoms. The molecule has 4 atom stereocenters. The van der Waals surface area contributed by atoms with Crippen LogP contribution in [0.2, 0.25) is 0 Å². The molecule has 1 saturated heterocycles. The van der Waals surface area contributed by atoms with Gasteiger partial charge in [0.05, 0.1) is 13.2 Å². The largest absolute Gasteiger partial charge is 0.443 e. The van der Waals surface area contributed by atoms with E-state index in [1.807, 2.05) is 20.8 Å². The summed E-state index contributed by atoms with van der Waals surface area (Å²) in [6.07, 6.45) is 4.81. The molecule has 5 rings (SSSR count). The lowest BCUT2D eigenvalue weighted by Crippen LogP contribution is -2.65. The van der Waals surface area contributed by atoms with Crippen LogP contribution in [0, 0.1) is 17.8 Å². The Morgan fingerprint density at radius 3 is 2.23 bits per heavy atom. The Balaban J connectivity index is 1.52. The van der Waals surface area contributed by atoms with Gasteiger partial charge in [0.1, 0.15) is 5.60 Å². The minimum atomic E-state index is -0.371. The average molecular weight is 309 g/mol. The Morgan fingerprint density at radius 1 is 1.09 bits per heavy atom. The highest BCUT2D eigenvalue weighted by atomic mass is 16.7. The SMILES string of the molecule is CC(C)(C)NC(=O)OC12CC3C[C@H](C1)C1(OCCO1)[C@@H](C3)C2. The van der Waals surface area contributed by atoms with E-state index in [0.717, 1.165) is 32.1 Å². The lowest BCUT2D eigenvalue weighted by atomic mass is 9.51. The van der Waals surface area contributed by atoms with Gasteiger partial charge in [0.15, 0.2) is 5.79 Å². The first-order valence-electron chi connectivity index (χ1n) is 8.59. The summed E-state index contributed by atoms with van der Waals surface area (Å²) >= 11 is 0. The molecule has 0 aromatic rings. The third-order valence-electron chi connectivity index (χ3n) is 5.80. The molecule has 0 aromatic carbocycles. The Morgan fingerprint density at radius 2 is 1.68 bits per heavy atom. The highest BCUT2D eigenvalue weighted by Gasteiger charge is 2.66. The van der Waals surface area contributed by atoms with Gasteiger partial charge in [-0.3, -0.25) is 0 Å². The maximum Gasteiger partial charge on any atom is 0.408 e. The average Bonchev–Trinajstić information content (AvgIpc) is 2.82. The van der Waals surface area contributed by atoms with E-state index in [0.29, 0.717) is 31.0 Å². The molecule has 22 heavy (non-hydrogen) atoms. The van der Waals surface area contributed by atoms with Crippen LogP contribution in [-0.2, 0) is 14.2 Å². The predicted molar refractivity (Wildman–Crippen MR) is 80.3 cm³/mol. The zero-order chi connectivity index (χ0) is 15.6. The van der Waals surface area contributed by atoms with Crippen LogP contribution in [0.3, 0.4) is 0 Å². The van der Waals surface area contributed by atoms with Crippen molar-refractivity contribution in [2.24, 2.45) is 17.8 Å². The summed E-state index contributed by atoms with van der Waals surface area (Å²) in [4.78, 5) is 12.3. The maximum absolute atomic E-state index is 12.3. The van der Waals surface area contributed by atoms with Gasteiger partial charge in [-0.2, -0.15) is 0 Å². The van der Waals surface area contributed by atoms with Crippen LogP contribution >= 0.6 is 0 Å². The molecule has 0 radical (unpaired) electrons. The number of carbonyl (C=O) groups is 1. The van der Waals surface area contributed by atoms with E-state index in [9.17, 15) is 4.79 Å². The molecule has 4 bridgehead atoms. The van der Waals surface area contributed by atoms with Crippen molar-refractivity contribution in [1.29, 1.82) is 0 Å². The number of alkyl carbamates (subject to hydrolysis) is 1. The molecule has 1 spiro atoms. The Hall–Kier alpha value is -0.810. The number of hydrogen-bond donors (Lipinski definition) is 1. The fourth-order valence-corrected chi connectivity index (χ4v) is 5.42. The molecular weight excluding hydrogens is 282 g/mol. The first kappa shape index (κ1) is 14.8. The van der Waals surface area contributed by atoms with Crippen molar-refractivity contribution in [2.45, 2.75) is 69.8 Å². The molecular formula is C17H27NO4. The van der Waals surface area contributed by atoms with E-state index in [1.165, 1.54) is 0 Å². The van der Waals surface area contributed by atoms with E-state index < -0.39 is 0 Å². The Bertz CT molecular complexity index is 460. The molecule has 2 unspecified atom stereocenters. The van der Waals surface area contributed by atoms with Crippen molar-refractivity contribution in [3.8, 4) is 0 Å². The molecule has 1 aliphatic heterocycles. The van der Waals surface area contributed by atoms with Crippen molar-refractivity contribution in [3.05, 3.63) is 0 Å². The summed E-state index contributed by atoms with van der Waals surface area (Å²) in [5.41, 5.74) is -0.565. The summed E-state index contributed by atoms with van der Waals surface area (Å²) in [5.74, 6) is 1.04.